The van der Waals surface area contributed by atoms with Gasteiger partial charge in [-0.3, -0.25) is 4.79 Å². The van der Waals surface area contributed by atoms with Crippen LogP contribution in [-0.2, 0) is 9.53 Å². The number of aromatic nitrogens is 2. The van der Waals surface area contributed by atoms with Gasteiger partial charge in [0.2, 0.25) is 0 Å². The Bertz CT molecular complexity index is 330. The lowest BCUT2D eigenvalue weighted by atomic mass is 10.4. The second-order valence-electron chi connectivity index (χ2n) is 2.81. The van der Waals surface area contributed by atoms with Gasteiger partial charge < -0.3 is 15.8 Å². The molecule has 0 amide bonds. The van der Waals surface area contributed by atoms with Crippen molar-refractivity contribution in [3.63, 3.8) is 0 Å². The number of carbonyl (C=O) groups excluding carboxylic acids is 1. The van der Waals surface area contributed by atoms with E-state index in [0.29, 0.717) is 31.2 Å². The van der Waals surface area contributed by atoms with Gasteiger partial charge in [0.05, 0.1) is 13.0 Å². The summed E-state index contributed by atoms with van der Waals surface area (Å²) in [6.07, 6.45) is 1.67. The Hall–Kier alpha value is -1.85. The Morgan fingerprint density at radius 2 is 2.40 bits per heavy atom. The zero-order valence-corrected chi connectivity index (χ0v) is 8.56. The molecule has 0 unspecified atom stereocenters. The van der Waals surface area contributed by atoms with Crippen molar-refractivity contribution >= 4 is 17.6 Å². The Balaban J connectivity index is 2.28. The number of esters is 1. The molecule has 82 valence electrons. The normalized spacial score (nSPS) is 9.67. The highest BCUT2D eigenvalue weighted by Gasteiger charge is 2.01. The molecule has 0 aliphatic carbocycles. The molecule has 0 saturated heterocycles. The van der Waals surface area contributed by atoms with Crippen LogP contribution in [0.25, 0.3) is 0 Å². The summed E-state index contributed by atoms with van der Waals surface area (Å²) in [5, 5.41) is 2.94. The van der Waals surface area contributed by atoms with Gasteiger partial charge in [0.25, 0.3) is 0 Å². The summed E-state index contributed by atoms with van der Waals surface area (Å²) in [5.74, 6) is 0.766. The third-order valence-corrected chi connectivity index (χ3v) is 1.63. The number of nitrogen functional groups attached to an aromatic ring is 1. The number of nitrogens with zero attached hydrogens (tertiary/aromatic N) is 2. The SMILES string of the molecule is CCOC(=O)CCNc1cc(N)ncn1. The van der Waals surface area contributed by atoms with E-state index in [2.05, 4.69) is 15.3 Å². The number of nitrogens with one attached hydrogen (secondary N) is 1. The Kier molecular flexibility index (Phi) is 4.33. The van der Waals surface area contributed by atoms with Gasteiger partial charge in [-0.25, -0.2) is 9.97 Å². The predicted molar refractivity (Wildman–Crippen MR) is 56.2 cm³/mol. The van der Waals surface area contributed by atoms with Crippen molar-refractivity contribution in [1.29, 1.82) is 0 Å². The van der Waals surface area contributed by atoms with E-state index in [-0.39, 0.29) is 5.97 Å². The van der Waals surface area contributed by atoms with Gasteiger partial charge in [0.1, 0.15) is 18.0 Å². The lowest BCUT2D eigenvalue weighted by Gasteiger charge is -2.05. The fourth-order valence-corrected chi connectivity index (χ4v) is 0.995. The van der Waals surface area contributed by atoms with Gasteiger partial charge in [-0.15, -0.1) is 0 Å². The molecule has 0 fully saturated rings. The van der Waals surface area contributed by atoms with Crippen LogP contribution in [0.15, 0.2) is 12.4 Å². The smallest absolute Gasteiger partial charge is 0.307 e. The van der Waals surface area contributed by atoms with Gasteiger partial charge in [-0.05, 0) is 6.92 Å². The van der Waals surface area contributed by atoms with Crippen LogP contribution in [0.2, 0.25) is 0 Å². The third kappa shape index (κ3) is 4.26. The first-order chi connectivity index (χ1) is 7.22. The number of nitrogens with two attached hydrogens (primary N) is 1. The maximum atomic E-state index is 11.0. The zero-order valence-electron chi connectivity index (χ0n) is 8.56. The van der Waals surface area contributed by atoms with Gasteiger partial charge >= 0.3 is 5.97 Å². The molecule has 1 heterocycles. The molecule has 0 radical (unpaired) electrons. The molecule has 6 heteroatoms. The fraction of sp³-hybridized carbons (Fsp3) is 0.444. The second-order valence-corrected chi connectivity index (χ2v) is 2.81. The highest BCUT2D eigenvalue weighted by atomic mass is 16.5. The van der Waals surface area contributed by atoms with E-state index in [1.807, 2.05) is 0 Å². The van der Waals surface area contributed by atoms with Crippen molar-refractivity contribution < 1.29 is 9.53 Å². The summed E-state index contributed by atoms with van der Waals surface area (Å²) in [5.41, 5.74) is 5.46. The summed E-state index contributed by atoms with van der Waals surface area (Å²) in [7, 11) is 0. The van der Waals surface area contributed by atoms with Crippen LogP contribution in [-0.4, -0.2) is 29.1 Å². The molecule has 0 spiro atoms. The lowest BCUT2D eigenvalue weighted by molar-refractivity contribution is -0.142. The van der Waals surface area contributed by atoms with E-state index in [9.17, 15) is 4.79 Å². The fourth-order valence-electron chi connectivity index (χ4n) is 0.995. The minimum atomic E-state index is -0.230. The Labute approximate surface area is 87.9 Å². The van der Waals surface area contributed by atoms with E-state index in [1.165, 1.54) is 6.33 Å². The molecule has 0 saturated carbocycles. The number of anilines is 2. The molecule has 0 bridgehead atoms. The standard InChI is InChI=1S/C9H14N4O2/c1-2-15-9(14)3-4-11-8-5-7(10)12-6-13-8/h5-6H,2-4H2,1H3,(H3,10,11,12,13). The quantitative estimate of drug-likeness (QED) is 0.685. The third-order valence-electron chi connectivity index (χ3n) is 1.63. The van der Waals surface area contributed by atoms with Gasteiger partial charge in [-0.1, -0.05) is 0 Å². The maximum absolute atomic E-state index is 11.0. The minimum absolute atomic E-state index is 0.230. The molecule has 0 atom stereocenters. The molecular weight excluding hydrogens is 196 g/mol. The highest BCUT2D eigenvalue weighted by Crippen LogP contribution is 2.04. The number of hydrogen-bond donors (Lipinski definition) is 2. The van der Waals surface area contributed by atoms with E-state index in [4.69, 9.17) is 10.5 Å². The summed E-state index contributed by atoms with van der Waals surface area (Å²) < 4.78 is 4.77. The first-order valence-electron chi connectivity index (χ1n) is 4.69. The van der Waals surface area contributed by atoms with Gasteiger partial charge in [0.15, 0.2) is 0 Å². The summed E-state index contributed by atoms with van der Waals surface area (Å²) in [6, 6.07) is 1.60. The largest absolute Gasteiger partial charge is 0.466 e. The average Bonchev–Trinajstić information content (AvgIpc) is 2.18. The number of hydrogen-bond acceptors (Lipinski definition) is 6. The first-order valence-corrected chi connectivity index (χ1v) is 4.69. The predicted octanol–water partition coefficient (Wildman–Crippen LogP) is 0.424. The van der Waals surface area contributed by atoms with Crippen LogP contribution >= 0.6 is 0 Å². The van der Waals surface area contributed by atoms with E-state index in [0.717, 1.165) is 0 Å². The molecule has 0 aromatic carbocycles. The van der Waals surface area contributed by atoms with Crippen LogP contribution in [0.1, 0.15) is 13.3 Å². The van der Waals surface area contributed by atoms with Crippen LogP contribution in [0.4, 0.5) is 11.6 Å². The molecule has 1 aromatic heterocycles. The summed E-state index contributed by atoms with van der Waals surface area (Å²) in [6.45, 7) is 2.64. The van der Waals surface area contributed by atoms with E-state index >= 15 is 0 Å². The van der Waals surface area contributed by atoms with Gasteiger partial charge in [0, 0.05) is 12.6 Å². The van der Waals surface area contributed by atoms with Crippen molar-refractivity contribution in [3.8, 4) is 0 Å². The topological polar surface area (TPSA) is 90.1 Å². The first kappa shape index (κ1) is 11.2. The maximum Gasteiger partial charge on any atom is 0.307 e. The van der Waals surface area contributed by atoms with Crippen molar-refractivity contribution in [1.82, 2.24) is 9.97 Å². The number of ether oxygens (including phenoxy) is 1. The highest BCUT2D eigenvalue weighted by molar-refractivity contribution is 5.70. The Morgan fingerprint density at radius 1 is 1.60 bits per heavy atom. The lowest BCUT2D eigenvalue weighted by Crippen LogP contribution is -2.12. The molecular formula is C9H14N4O2. The number of rotatable bonds is 5. The van der Waals surface area contributed by atoms with Crippen LogP contribution in [0.5, 0.6) is 0 Å². The molecule has 0 aliphatic heterocycles. The Morgan fingerprint density at radius 3 is 3.07 bits per heavy atom. The molecule has 3 N–H and O–H groups in total. The van der Waals surface area contributed by atoms with Crippen LogP contribution in [0, 0.1) is 0 Å². The molecule has 6 nitrogen and oxygen atoms in total. The summed E-state index contributed by atoms with van der Waals surface area (Å²) in [4.78, 5) is 18.7. The molecule has 0 aliphatic rings. The molecule has 1 aromatic rings. The second kappa shape index (κ2) is 5.79. The van der Waals surface area contributed by atoms with Crippen molar-refractivity contribution in [2.45, 2.75) is 13.3 Å². The zero-order chi connectivity index (χ0) is 11.1. The minimum Gasteiger partial charge on any atom is -0.466 e. The van der Waals surface area contributed by atoms with Crippen LogP contribution in [0.3, 0.4) is 0 Å². The molecule has 15 heavy (non-hydrogen) atoms. The molecule has 1 rings (SSSR count). The average molecular weight is 210 g/mol. The van der Waals surface area contributed by atoms with E-state index < -0.39 is 0 Å². The van der Waals surface area contributed by atoms with Crippen molar-refractivity contribution in [2.75, 3.05) is 24.2 Å². The number of carbonyl (C=O) groups is 1. The van der Waals surface area contributed by atoms with Crippen molar-refractivity contribution in [3.05, 3.63) is 12.4 Å². The monoisotopic (exact) mass is 210 g/mol. The van der Waals surface area contributed by atoms with Gasteiger partial charge in [-0.2, -0.15) is 0 Å². The van der Waals surface area contributed by atoms with Crippen molar-refractivity contribution in [2.24, 2.45) is 0 Å². The van der Waals surface area contributed by atoms with Crippen LogP contribution < -0.4 is 11.1 Å². The summed E-state index contributed by atoms with van der Waals surface area (Å²) >= 11 is 0. The van der Waals surface area contributed by atoms with E-state index in [1.54, 1.807) is 13.0 Å².